The van der Waals surface area contributed by atoms with E-state index in [4.69, 9.17) is 0 Å². The molecule has 0 atom stereocenters. The maximum absolute atomic E-state index is 12.6. The molecule has 3 aromatic carbocycles. The van der Waals surface area contributed by atoms with Crippen molar-refractivity contribution >= 4 is 45.9 Å². The molecule has 0 radical (unpaired) electrons. The SMILES string of the molecule is C=CCn1c(CSc2ccc(C)cc2)nnc1SCC(=O)Nc1cccc2ccccc12. The molecule has 162 valence electrons. The summed E-state index contributed by atoms with van der Waals surface area (Å²) >= 11 is 3.10. The molecule has 4 rings (SSSR count). The Morgan fingerprint density at radius 1 is 1.03 bits per heavy atom. The lowest BCUT2D eigenvalue weighted by Crippen LogP contribution is -2.15. The van der Waals surface area contributed by atoms with E-state index in [1.54, 1.807) is 11.8 Å². The van der Waals surface area contributed by atoms with Crippen molar-refractivity contribution in [3.8, 4) is 0 Å². The number of aryl methyl sites for hydroxylation is 1. The molecular formula is C25H24N4OS2. The predicted octanol–water partition coefficient (Wildman–Crippen LogP) is 5.95. The van der Waals surface area contributed by atoms with Gasteiger partial charge in [0.05, 0.1) is 11.5 Å². The van der Waals surface area contributed by atoms with Gasteiger partial charge >= 0.3 is 0 Å². The van der Waals surface area contributed by atoms with E-state index in [0.29, 0.717) is 12.3 Å². The fourth-order valence-corrected chi connectivity index (χ4v) is 4.88. The van der Waals surface area contributed by atoms with Gasteiger partial charge in [-0.1, -0.05) is 71.9 Å². The van der Waals surface area contributed by atoms with E-state index in [9.17, 15) is 4.79 Å². The largest absolute Gasteiger partial charge is 0.325 e. The lowest BCUT2D eigenvalue weighted by molar-refractivity contribution is -0.113. The Balaban J connectivity index is 1.40. The highest BCUT2D eigenvalue weighted by Crippen LogP contribution is 2.26. The minimum absolute atomic E-state index is 0.0740. The molecule has 0 saturated carbocycles. The molecule has 0 fully saturated rings. The van der Waals surface area contributed by atoms with Gasteiger partial charge in [-0.3, -0.25) is 4.79 Å². The lowest BCUT2D eigenvalue weighted by atomic mass is 10.1. The van der Waals surface area contributed by atoms with E-state index in [-0.39, 0.29) is 11.7 Å². The van der Waals surface area contributed by atoms with Crippen LogP contribution in [-0.4, -0.2) is 26.4 Å². The molecule has 5 nitrogen and oxygen atoms in total. The maximum atomic E-state index is 12.6. The highest BCUT2D eigenvalue weighted by Gasteiger charge is 2.14. The Morgan fingerprint density at radius 3 is 2.62 bits per heavy atom. The molecule has 0 aliphatic rings. The standard InChI is InChI=1S/C25H24N4OS2/c1-3-15-29-23(16-31-20-13-11-18(2)12-14-20)27-28-25(29)32-17-24(30)26-22-10-6-8-19-7-4-5-9-21(19)22/h3-14H,1,15-17H2,2H3,(H,26,30). The Labute approximate surface area is 196 Å². The molecule has 0 aliphatic heterocycles. The first-order chi connectivity index (χ1) is 15.6. The van der Waals surface area contributed by atoms with Crippen molar-refractivity contribution in [3.05, 3.63) is 90.8 Å². The molecular weight excluding hydrogens is 436 g/mol. The summed E-state index contributed by atoms with van der Waals surface area (Å²) in [6, 6.07) is 22.3. The summed E-state index contributed by atoms with van der Waals surface area (Å²) in [5.41, 5.74) is 2.06. The summed E-state index contributed by atoms with van der Waals surface area (Å²) in [5, 5.41) is 14.6. The molecule has 4 aromatic rings. The second kappa shape index (κ2) is 10.5. The lowest BCUT2D eigenvalue weighted by Gasteiger charge is -2.10. The first-order valence-electron chi connectivity index (χ1n) is 10.3. The van der Waals surface area contributed by atoms with E-state index in [0.717, 1.165) is 27.4 Å². The van der Waals surface area contributed by atoms with Crippen LogP contribution in [0, 0.1) is 6.92 Å². The molecule has 1 N–H and O–H groups in total. The molecule has 0 unspecified atom stereocenters. The zero-order valence-corrected chi connectivity index (χ0v) is 19.5. The van der Waals surface area contributed by atoms with Gasteiger partial charge in [-0.25, -0.2) is 0 Å². The number of rotatable bonds is 9. The van der Waals surface area contributed by atoms with E-state index in [2.05, 4.69) is 53.3 Å². The maximum Gasteiger partial charge on any atom is 0.234 e. The Hall–Kier alpha value is -3.03. The van der Waals surface area contributed by atoms with Crippen LogP contribution in [0.1, 0.15) is 11.4 Å². The van der Waals surface area contributed by atoms with Crippen LogP contribution in [-0.2, 0) is 17.1 Å². The minimum atomic E-state index is -0.0740. The molecule has 0 spiro atoms. The number of carbonyl (C=O) groups excluding carboxylic acids is 1. The van der Waals surface area contributed by atoms with Gasteiger partial charge in [-0.05, 0) is 30.5 Å². The first-order valence-corrected chi connectivity index (χ1v) is 12.2. The van der Waals surface area contributed by atoms with Crippen LogP contribution in [0.2, 0.25) is 0 Å². The number of hydrogen-bond donors (Lipinski definition) is 1. The molecule has 1 aromatic heterocycles. The van der Waals surface area contributed by atoms with Crippen molar-refractivity contribution in [2.45, 2.75) is 29.3 Å². The Bertz CT molecular complexity index is 1230. The molecule has 0 saturated heterocycles. The number of aromatic nitrogens is 3. The number of carbonyl (C=O) groups is 1. The quantitative estimate of drug-likeness (QED) is 0.247. The van der Waals surface area contributed by atoms with E-state index < -0.39 is 0 Å². The smallest absolute Gasteiger partial charge is 0.234 e. The number of fused-ring (bicyclic) bond motifs is 1. The van der Waals surface area contributed by atoms with Crippen molar-refractivity contribution in [2.24, 2.45) is 0 Å². The van der Waals surface area contributed by atoms with Gasteiger partial charge < -0.3 is 9.88 Å². The van der Waals surface area contributed by atoms with Crippen LogP contribution in [0.25, 0.3) is 10.8 Å². The van der Waals surface area contributed by atoms with Crippen LogP contribution in [0.5, 0.6) is 0 Å². The number of nitrogens with one attached hydrogen (secondary N) is 1. The van der Waals surface area contributed by atoms with E-state index in [1.807, 2.05) is 53.1 Å². The topological polar surface area (TPSA) is 59.8 Å². The van der Waals surface area contributed by atoms with Crippen molar-refractivity contribution < 1.29 is 4.79 Å². The van der Waals surface area contributed by atoms with Crippen molar-refractivity contribution in [1.82, 2.24) is 14.8 Å². The average Bonchev–Trinajstić information content (AvgIpc) is 3.19. The normalized spacial score (nSPS) is 10.9. The van der Waals surface area contributed by atoms with Crippen molar-refractivity contribution in [2.75, 3.05) is 11.1 Å². The van der Waals surface area contributed by atoms with Crippen molar-refractivity contribution in [1.29, 1.82) is 0 Å². The second-order valence-corrected chi connectivity index (χ2v) is 9.25. The fourth-order valence-electron chi connectivity index (χ4n) is 3.28. The third-order valence-electron chi connectivity index (χ3n) is 4.89. The number of allylic oxidation sites excluding steroid dienone is 1. The fraction of sp³-hybridized carbons (Fsp3) is 0.160. The summed E-state index contributed by atoms with van der Waals surface area (Å²) in [6.45, 7) is 6.53. The summed E-state index contributed by atoms with van der Waals surface area (Å²) in [6.07, 6.45) is 1.82. The van der Waals surface area contributed by atoms with Crippen LogP contribution in [0.15, 0.2) is 89.4 Å². The number of hydrogen-bond acceptors (Lipinski definition) is 5. The Morgan fingerprint density at radius 2 is 1.81 bits per heavy atom. The average molecular weight is 461 g/mol. The highest BCUT2D eigenvalue weighted by molar-refractivity contribution is 7.99. The third kappa shape index (κ3) is 5.41. The number of thioether (sulfide) groups is 2. The van der Waals surface area contributed by atoms with Crippen LogP contribution < -0.4 is 5.32 Å². The summed E-state index contributed by atoms with van der Waals surface area (Å²) in [5.74, 6) is 1.75. The van der Waals surface area contributed by atoms with Gasteiger partial charge in [0.1, 0.15) is 5.82 Å². The zero-order valence-electron chi connectivity index (χ0n) is 17.8. The number of nitrogens with zero attached hydrogens (tertiary/aromatic N) is 3. The number of amides is 1. The minimum Gasteiger partial charge on any atom is -0.325 e. The summed E-state index contributed by atoms with van der Waals surface area (Å²) in [4.78, 5) is 13.8. The highest BCUT2D eigenvalue weighted by atomic mass is 32.2. The van der Waals surface area contributed by atoms with Gasteiger partial charge in [-0.15, -0.1) is 28.5 Å². The van der Waals surface area contributed by atoms with Crippen LogP contribution in [0.3, 0.4) is 0 Å². The van der Waals surface area contributed by atoms with Crippen LogP contribution >= 0.6 is 23.5 Å². The van der Waals surface area contributed by atoms with Crippen molar-refractivity contribution in [3.63, 3.8) is 0 Å². The van der Waals surface area contributed by atoms with E-state index >= 15 is 0 Å². The molecule has 1 amide bonds. The zero-order chi connectivity index (χ0) is 22.3. The van der Waals surface area contributed by atoms with Gasteiger partial charge in [0, 0.05) is 22.5 Å². The van der Waals surface area contributed by atoms with Crippen LogP contribution in [0.4, 0.5) is 5.69 Å². The van der Waals surface area contributed by atoms with Gasteiger partial charge in [-0.2, -0.15) is 0 Å². The molecule has 1 heterocycles. The third-order valence-corrected chi connectivity index (χ3v) is 6.86. The van der Waals surface area contributed by atoms with Gasteiger partial charge in [0.2, 0.25) is 5.91 Å². The summed E-state index contributed by atoms with van der Waals surface area (Å²) < 4.78 is 2.02. The monoisotopic (exact) mass is 460 g/mol. The Kier molecular flexibility index (Phi) is 7.29. The summed E-state index contributed by atoms with van der Waals surface area (Å²) in [7, 11) is 0. The predicted molar refractivity (Wildman–Crippen MR) is 134 cm³/mol. The molecule has 0 aliphatic carbocycles. The number of anilines is 1. The second-order valence-electron chi connectivity index (χ2n) is 7.26. The van der Waals surface area contributed by atoms with Gasteiger partial charge in [0.25, 0.3) is 0 Å². The van der Waals surface area contributed by atoms with Gasteiger partial charge in [0.15, 0.2) is 5.16 Å². The first kappa shape index (κ1) is 22.2. The number of benzene rings is 3. The van der Waals surface area contributed by atoms with E-state index in [1.165, 1.54) is 22.2 Å². The molecule has 32 heavy (non-hydrogen) atoms. The molecule has 0 bridgehead atoms. The molecule has 7 heteroatoms.